The van der Waals surface area contributed by atoms with Crippen molar-refractivity contribution in [2.45, 2.75) is 32.4 Å². The molecule has 0 spiro atoms. The first kappa shape index (κ1) is 19.7. The Morgan fingerprint density at radius 3 is 2.70 bits per heavy atom. The van der Waals surface area contributed by atoms with Crippen molar-refractivity contribution >= 4 is 16.7 Å². The molecule has 0 bridgehead atoms. The van der Waals surface area contributed by atoms with Gasteiger partial charge in [0.15, 0.2) is 5.82 Å². The maximum Gasteiger partial charge on any atom is 0.389 e. The number of alkyl halides is 3. The molecule has 0 unspecified atom stereocenters. The molecule has 2 heterocycles. The van der Waals surface area contributed by atoms with Gasteiger partial charge in [0.1, 0.15) is 11.6 Å². The van der Waals surface area contributed by atoms with Crippen LogP contribution in [0.2, 0.25) is 0 Å². The molecule has 0 saturated carbocycles. The lowest BCUT2D eigenvalue weighted by atomic mass is 9.96. The van der Waals surface area contributed by atoms with E-state index in [1.807, 2.05) is 0 Å². The van der Waals surface area contributed by atoms with Crippen LogP contribution in [0.15, 0.2) is 12.1 Å². The van der Waals surface area contributed by atoms with E-state index in [1.165, 1.54) is 6.07 Å². The average Bonchev–Trinajstić information content (AvgIpc) is 2.94. The highest BCUT2D eigenvalue weighted by Gasteiger charge is 2.31. The number of rotatable bonds is 6. The zero-order valence-corrected chi connectivity index (χ0v) is 15.2. The molecule has 1 aliphatic heterocycles. The Bertz CT molecular complexity index is 769. The molecule has 3 N–H and O–H groups in total. The van der Waals surface area contributed by atoms with Gasteiger partial charge < -0.3 is 15.4 Å². The first-order chi connectivity index (χ1) is 12.7. The number of nitrogens with zero attached hydrogens (tertiary/aromatic N) is 2. The van der Waals surface area contributed by atoms with Gasteiger partial charge >= 0.3 is 6.18 Å². The molecule has 2 aromatic rings. The molecule has 0 aliphatic carbocycles. The van der Waals surface area contributed by atoms with Crippen molar-refractivity contribution in [1.82, 2.24) is 15.1 Å². The van der Waals surface area contributed by atoms with Crippen molar-refractivity contribution in [3.8, 4) is 5.75 Å². The van der Waals surface area contributed by atoms with E-state index in [0.717, 1.165) is 25.9 Å². The number of benzene rings is 1. The number of aromatic nitrogens is 2. The van der Waals surface area contributed by atoms with Gasteiger partial charge in [-0.05, 0) is 37.8 Å². The van der Waals surface area contributed by atoms with E-state index in [-0.39, 0.29) is 11.2 Å². The molecule has 1 saturated heterocycles. The highest BCUT2D eigenvalue weighted by atomic mass is 19.4. The monoisotopic (exact) mass is 388 g/mol. The van der Waals surface area contributed by atoms with E-state index in [4.69, 9.17) is 10.5 Å². The number of aromatic amines is 1. The third kappa shape index (κ3) is 5.24. The largest absolute Gasteiger partial charge is 0.493 e. The second-order valence-electron chi connectivity index (χ2n) is 7.42. The zero-order valence-electron chi connectivity index (χ0n) is 15.2. The minimum Gasteiger partial charge on any atom is -0.493 e. The minimum atomic E-state index is -4.11. The number of H-pyrrole nitrogens is 1. The number of nitrogens with one attached hydrogen (secondary N) is 1. The van der Waals surface area contributed by atoms with Gasteiger partial charge in [-0.25, -0.2) is 4.39 Å². The van der Waals surface area contributed by atoms with E-state index >= 15 is 0 Å². The van der Waals surface area contributed by atoms with E-state index < -0.39 is 24.3 Å². The molecule has 27 heavy (non-hydrogen) atoms. The lowest BCUT2D eigenvalue weighted by Crippen LogP contribution is -2.38. The van der Waals surface area contributed by atoms with Crippen LogP contribution in [-0.2, 0) is 0 Å². The first-order valence-electron chi connectivity index (χ1n) is 9.06. The molecule has 1 aliphatic rings. The number of ether oxygens (including phenoxy) is 1. The molecular weight excluding hydrogens is 364 g/mol. The lowest BCUT2D eigenvalue weighted by molar-refractivity contribution is -0.144. The summed E-state index contributed by atoms with van der Waals surface area (Å²) in [6, 6.07) is 2.96. The summed E-state index contributed by atoms with van der Waals surface area (Å²) in [5.74, 6) is -0.0765. The summed E-state index contributed by atoms with van der Waals surface area (Å²) < 4.78 is 57.1. The molecule has 0 amide bonds. The van der Waals surface area contributed by atoms with E-state index in [2.05, 4.69) is 15.1 Å². The van der Waals surface area contributed by atoms with Crippen molar-refractivity contribution in [3.05, 3.63) is 17.9 Å². The third-order valence-corrected chi connectivity index (χ3v) is 4.96. The topological polar surface area (TPSA) is 67.2 Å². The smallest absolute Gasteiger partial charge is 0.389 e. The highest BCUT2D eigenvalue weighted by Crippen LogP contribution is 2.29. The van der Waals surface area contributed by atoms with Gasteiger partial charge in [-0.2, -0.15) is 18.3 Å². The van der Waals surface area contributed by atoms with Crippen LogP contribution in [0, 0.1) is 17.7 Å². The van der Waals surface area contributed by atoms with Crippen LogP contribution in [0.25, 0.3) is 10.9 Å². The summed E-state index contributed by atoms with van der Waals surface area (Å²) >= 11 is 0. The molecule has 150 valence electrons. The minimum absolute atomic E-state index is 0.112. The molecule has 5 nitrogen and oxygen atoms in total. The fraction of sp³-hybridized carbons (Fsp3) is 0.611. The van der Waals surface area contributed by atoms with Crippen LogP contribution in [0.4, 0.5) is 23.4 Å². The second-order valence-corrected chi connectivity index (χ2v) is 7.42. The summed E-state index contributed by atoms with van der Waals surface area (Å²) in [5.41, 5.74) is 6.09. The number of fused-ring (bicyclic) bond motifs is 1. The second kappa shape index (κ2) is 7.92. The van der Waals surface area contributed by atoms with Crippen molar-refractivity contribution in [2.75, 3.05) is 32.0 Å². The van der Waals surface area contributed by atoms with Crippen LogP contribution in [0.3, 0.4) is 0 Å². The number of nitrogens with two attached hydrogens (primary N) is 1. The highest BCUT2D eigenvalue weighted by molar-refractivity contribution is 5.90. The predicted octanol–water partition coefficient (Wildman–Crippen LogP) is 3.96. The molecule has 1 aromatic heterocycles. The first-order valence-corrected chi connectivity index (χ1v) is 9.06. The molecule has 9 heteroatoms. The number of piperidine rings is 1. The number of likely N-dealkylation sites (tertiary alicyclic amines) is 1. The normalized spacial score (nSPS) is 18.1. The van der Waals surface area contributed by atoms with Gasteiger partial charge in [0.25, 0.3) is 0 Å². The molecule has 1 aromatic carbocycles. The van der Waals surface area contributed by atoms with Crippen molar-refractivity contribution in [2.24, 2.45) is 11.8 Å². The van der Waals surface area contributed by atoms with Crippen LogP contribution in [0.5, 0.6) is 5.75 Å². The third-order valence-electron chi connectivity index (χ3n) is 4.96. The van der Waals surface area contributed by atoms with Crippen LogP contribution < -0.4 is 10.5 Å². The number of halogens is 4. The van der Waals surface area contributed by atoms with E-state index in [1.54, 1.807) is 13.0 Å². The molecule has 3 rings (SSSR count). The number of nitrogen functional groups attached to an aromatic ring is 1. The predicted molar refractivity (Wildman–Crippen MR) is 95.0 cm³/mol. The van der Waals surface area contributed by atoms with Crippen LogP contribution in [-0.4, -0.2) is 47.5 Å². The maximum atomic E-state index is 14.1. The van der Waals surface area contributed by atoms with Gasteiger partial charge in [0.05, 0.1) is 17.5 Å². The Kier molecular flexibility index (Phi) is 5.78. The SMILES string of the molecule is C[C@@H](CN1CCC(COc2cc(F)c3c(N)n[nH]c3c2)CC1)CC(F)(F)F. The Morgan fingerprint density at radius 1 is 1.33 bits per heavy atom. The summed E-state index contributed by atoms with van der Waals surface area (Å²) in [7, 11) is 0. The van der Waals surface area contributed by atoms with Crippen molar-refractivity contribution < 1.29 is 22.3 Å². The van der Waals surface area contributed by atoms with Gasteiger partial charge in [-0.1, -0.05) is 6.92 Å². The van der Waals surface area contributed by atoms with Gasteiger partial charge in [0.2, 0.25) is 0 Å². The van der Waals surface area contributed by atoms with Crippen molar-refractivity contribution in [3.63, 3.8) is 0 Å². The Labute approximate surface area is 154 Å². The fourth-order valence-corrected chi connectivity index (χ4v) is 3.64. The summed E-state index contributed by atoms with van der Waals surface area (Å²) in [6.45, 7) is 4.04. The molecule has 1 atom stereocenters. The van der Waals surface area contributed by atoms with Crippen molar-refractivity contribution in [1.29, 1.82) is 0 Å². The summed E-state index contributed by atoms with van der Waals surface area (Å²) in [5, 5.41) is 6.70. The average molecular weight is 388 g/mol. The molecule has 0 radical (unpaired) electrons. The number of hydrogen-bond donors (Lipinski definition) is 2. The number of hydrogen-bond acceptors (Lipinski definition) is 4. The molecular formula is C18H24F4N4O. The van der Waals surface area contributed by atoms with E-state index in [0.29, 0.717) is 30.3 Å². The standard InChI is InChI=1S/C18H24F4N4O/c1-11(8-18(20,21)22)9-26-4-2-12(3-5-26)10-27-13-6-14(19)16-15(7-13)24-25-17(16)23/h6-7,11-12H,2-5,8-10H2,1H3,(H3,23,24,25)/t11-/m1/s1. The van der Waals surface area contributed by atoms with Gasteiger partial charge in [0, 0.05) is 25.1 Å². The Hall–Kier alpha value is -2.03. The van der Waals surface area contributed by atoms with E-state index in [9.17, 15) is 17.6 Å². The van der Waals surface area contributed by atoms with Gasteiger partial charge in [-0.15, -0.1) is 0 Å². The zero-order chi connectivity index (χ0) is 19.6. The fourth-order valence-electron chi connectivity index (χ4n) is 3.64. The van der Waals surface area contributed by atoms with Crippen LogP contribution in [0.1, 0.15) is 26.2 Å². The Morgan fingerprint density at radius 2 is 2.04 bits per heavy atom. The van der Waals surface area contributed by atoms with Crippen LogP contribution >= 0.6 is 0 Å². The maximum absolute atomic E-state index is 14.1. The molecule has 1 fully saturated rings. The van der Waals surface area contributed by atoms with Gasteiger partial charge in [-0.3, -0.25) is 5.10 Å². The number of anilines is 1. The quantitative estimate of drug-likeness (QED) is 0.735. The lowest BCUT2D eigenvalue weighted by Gasteiger charge is -2.33. The Balaban J connectivity index is 1.46. The summed E-state index contributed by atoms with van der Waals surface area (Å²) in [4.78, 5) is 2.08. The summed E-state index contributed by atoms with van der Waals surface area (Å²) in [6.07, 6.45) is -3.16.